The average molecular weight is 516 g/mol. The minimum atomic E-state index is -0.487. The van der Waals surface area contributed by atoms with E-state index in [4.69, 9.17) is 13.9 Å². The molecule has 1 fully saturated rings. The number of azo groups is 1. The highest BCUT2D eigenvalue weighted by molar-refractivity contribution is 5.97. The van der Waals surface area contributed by atoms with Crippen LogP contribution in [0.4, 0.5) is 10.5 Å². The molecule has 3 heterocycles. The van der Waals surface area contributed by atoms with Crippen molar-refractivity contribution in [1.29, 1.82) is 0 Å². The summed E-state index contributed by atoms with van der Waals surface area (Å²) in [5, 5.41) is 20.0. The van der Waals surface area contributed by atoms with Gasteiger partial charge in [-0.15, -0.1) is 10.2 Å². The molecule has 0 saturated carbocycles. The molecule has 38 heavy (non-hydrogen) atoms. The summed E-state index contributed by atoms with van der Waals surface area (Å²) in [6, 6.07) is 11.3. The number of carbonyl (C=O) groups excluding carboxylic acids is 1. The van der Waals surface area contributed by atoms with Crippen LogP contribution in [0.25, 0.3) is 28.8 Å². The molecule has 2 aromatic carbocycles. The lowest BCUT2D eigenvalue weighted by atomic mass is 9.93. The van der Waals surface area contributed by atoms with Crippen molar-refractivity contribution in [2.45, 2.75) is 45.6 Å². The number of nitrogens with zero attached hydrogens (tertiary/aromatic N) is 3. The maximum Gasteiger partial charge on any atom is 0.410 e. The number of methoxy groups -OCH3 is 1. The molecule has 2 aliphatic heterocycles. The number of hydrogen-bond acceptors (Lipinski definition) is 7. The summed E-state index contributed by atoms with van der Waals surface area (Å²) in [6.45, 7) is 7.03. The fourth-order valence-corrected chi connectivity index (χ4v) is 4.83. The largest absolute Gasteiger partial charge is 0.504 e. The highest BCUT2D eigenvalue weighted by Gasteiger charge is 2.26. The van der Waals surface area contributed by atoms with Gasteiger partial charge in [0, 0.05) is 24.7 Å². The first kappa shape index (κ1) is 25.6. The summed E-state index contributed by atoms with van der Waals surface area (Å²) in [4.78, 5) is 14.1. The SMILES string of the molecule is COc1ccc2c(O)c(C=C3N=Nc4ccccc43)oc2c1C=CCC1CCN(C(=O)OC(C)(C)C)CC1. The van der Waals surface area contributed by atoms with Crippen LogP contribution in [0, 0.1) is 5.92 Å². The first-order valence-corrected chi connectivity index (χ1v) is 12.9. The van der Waals surface area contributed by atoms with Crippen LogP contribution in [-0.4, -0.2) is 41.9 Å². The van der Waals surface area contributed by atoms with Crippen molar-refractivity contribution in [1.82, 2.24) is 4.90 Å². The van der Waals surface area contributed by atoms with E-state index in [0.717, 1.165) is 36.1 Å². The number of amides is 1. The second kappa shape index (κ2) is 10.4. The second-order valence-electron chi connectivity index (χ2n) is 10.7. The first-order chi connectivity index (χ1) is 18.2. The van der Waals surface area contributed by atoms with Crippen LogP contribution in [0.5, 0.6) is 11.5 Å². The standard InChI is InChI=1S/C30H33N3O5/c1-30(2,3)38-29(35)33-16-14-19(15-17-33)8-7-10-21-25(36-4)13-12-22-27(34)26(37-28(21)22)18-24-20-9-5-6-11-23(20)31-32-24/h5-7,9-13,18-19,34H,8,14-17H2,1-4H3. The second-order valence-corrected chi connectivity index (χ2v) is 10.7. The van der Waals surface area contributed by atoms with Crippen molar-refractivity contribution in [3.8, 4) is 11.5 Å². The van der Waals surface area contributed by atoms with Crippen molar-refractivity contribution < 1.29 is 23.8 Å². The molecular weight excluding hydrogens is 482 g/mol. The number of ether oxygens (including phenoxy) is 2. The van der Waals surface area contributed by atoms with Crippen molar-refractivity contribution in [3.05, 3.63) is 59.4 Å². The maximum atomic E-state index is 12.3. The molecule has 8 heteroatoms. The molecule has 1 N–H and O–H groups in total. The van der Waals surface area contributed by atoms with Gasteiger partial charge in [-0.1, -0.05) is 30.4 Å². The smallest absolute Gasteiger partial charge is 0.410 e. The molecule has 2 aliphatic rings. The Hall–Kier alpha value is -4.07. The first-order valence-electron chi connectivity index (χ1n) is 12.9. The highest BCUT2D eigenvalue weighted by Crippen LogP contribution is 2.42. The lowest BCUT2D eigenvalue weighted by molar-refractivity contribution is 0.0185. The number of rotatable bonds is 5. The van der Waals surface area contributed by atoms with Crippen molar-refractivity contribution in [2.75, 3.05) is 20.2 Å². The molecule has 0 radical (unpaired) electrons. The predicted molar refractivity (Wildman–Crippen MR) is 147 cm³/mol. The van der Waals surface area contributed by atoms with E-state index in [1.807, 2.05) is 57.2 Å². The topological polar surface area (TPSA) is 96.9 Å². The van der Waals surface area contributed by atoms with Crippen LogP contribution >= 0.6 is 0 Å². The fraction of sp³-hybridized carbons (Fsp3) is 0.367. The molecule has 0 spiro atoms. The van der Waals surface area contributed by atoms with Crippen molar-refractivity contribution in [2.24, 2.45) is 16.1 Å². The average Bonchev–Trinajstić information content (AvgIpc) is 3.44. The Kier molecular flexibility index (Phi) is 6.97. The Morgan fingerprint density at radius 1 is 1.16 bits per heavy atom. The number of aromatic hydroxyl groups is 1. The van der Waals surface area contributed by atoms with Gasteiger partial charge in [-0.2, -0.15) is 0 Å². The summed E-state index contributed by atoms with van der Waals surface area (Å²) < 4.78 is 17.3. The van der Waals surface area contributed by atoms with Gasteiger partial charge in [0.1, 0.15) is 16.9 Å². The van der Waals surface area contributed by atoms with E-state index >= 15 is 0 Å². The van der Waals surface area contributed by atoms with Crippen LogP contribution in [0.1, 0.15) is 56.9 Å². The van der Waals surface area contributed by atoms with Crippen LogP contribution in [0.15, 0.2) is 57.1 Å². The van der Waals surface area contributed by atoms with Crippen LogP contribution in [0.3, 0.4) is 0 Å². The third-order valence-electron chi connectivity index (χ3n) is 6.81. The quantitative estimate of drug-likeness (QED) is 0.374. The molecule has 3 aromatic rings. The molecule has 0 atom stereocenters. The Morgan fingerprint density at radius 3 is 2.66 bits per heavy atom. The zero-order valence-corrected chi connectivity index (χ0v) is 22.2. The molecule has 198 valence electrons. The van der Waals surface area contributed by atoms with Gasteiger partial charge < -0.3 is 23.9 Å². The number of likely N-dealkylation sites (tertiary alicyclic amines) is 1. The van der Waals surface area contributed by atoms with Gasteiger partial charge in [-0.25, -0.2) is 4.79 Å². The number of benzene rings is 2. The van der Waals surface area contributed by atoms with Crippen LogP contribution in [-0.2, 0) is 4.74 Å². The van der Waals surface area contributed by atoms with Gasteiger partial charge in [0.2, 0.25) is 0 Å². The van der Waals surface area contributed by atoms with Gasteiger partial charge in [0.15, 0.2) is 11.5 Å². The number of carbonyl (C=O) groups is 1. The van der Waals surface area contributed by atoms with Gasteiger partial charge in [-0.05, 0) is 64.2 Å². The predicted octanol–water partition coefficient (Wildman–Crippen LogP) is 7.79. The van der Waals surface area contributed by atoms with E-state index in [1.54, 1.807) is 24.2 Å². The molecule has 0 aliphatic carbocycles. The maximum absolute atomic E-state index is 12.3. The molecule has 8 nitrogen and oxygen atoms in total. The summed E-state index contributed by atoms with van der Waals surface area (Å²) in [5.41, 5.74) is 3.15. The lowest BCUT2D eigenvalue weighted by Crippen LogP contribution is -2.41. The van der Waals surface area contributed by atoms with E-state index in [9.17, 15) is 9.90 Å². The third-order valence-corrected chi connectivity index (χ3v) is 6.81. The van der Waals surface area contributed by atoms with Crippen molar-refractivity contribution >= 4 is 40.6 Å². The lowest BCUT2D eigenvalue weighted by Gasteiger charge is -2.33. The van der Waals surface area contributed by atoms with Gasteiger partial charge in [0.25, 0.3) is 0 Å². The Bertz CT molecular complexity index is 1440. The number of hydrogen-bond donors (Lipinski definition) is 1. The summed E-state index contributed by atoms with van der Waals surface area (Å²) in [5.74, 6) is 1.50. The molecule has 5 rings (SSSR count). The minimum Gasteiger partial charge on any atom is -0.504 e. The zero-order chi connectivity index (χ0) is 26.9. The Labute approximate surface area is 222 Å². The zero-order valence-electron chi connectivity index (χ0n) is 22.2. The molecule has 0 bridgehead atoms. The molecule has 1 saturated heterocycles. The van der Waals surface area contributed by atoms with Crippen LogP contribution in [0.2, 0.25) is 0 Å². The fourth-order valence-electron chi connectivity index (χ4n) is 4.83. The van der Waals surface area contributed by atoms with Gasteiger partial charge >= 0.3 is 6.09 Å². The Morgan fingerprint density at radius 2 is 1.92 bits per heavy atom. The van der Waals surface area contributed by atoms with E-state index in [0.29, 0.717) is 47.2 Å². The minimum absolute atomic E-state index is 0.0545. The normalized spacial score (nSPS) is 17.1. The van der Waals surface area contributed by atoms with Crippen molar-refractivity contribution in [3.63, 3.8) is 0 Å². The summed E-state index contributed by atoms with van der Waals surface area (Å²) in [7, 11) is 1.62. The van der Waals surface area contributed by atoms with E-state index in [-0.39, 0.29) is 11.8 Å². The van der Waals surface area contributed by atoms with E-state index in [1.165, 1.54) is 0 Å². The van der Waals surface area contributed by atoms with Gasteiger partial charge in [-0.3, -0.25) is 0 Å². The van der Waals surface area contributed by atoms with Gasteiger partial charge in [0.05, 0.1) is 29.4 Å². The molecule has 0 unspecified atom stereocenters. The van der Waals surface area contributed by atoms with Crippen LogP contribution < -0.4 is 4.74 Å². The number of allylic oxidation sites excluding steroid dienone is 1. The Balaban J connectivity index is 1.32. The number of furan rings is 1. The highest BCUT2D eigenvalue weighted by atomic mass is 16.6. The van der Waals surface area contributed by atoms with E-state index < -0.39 is 5.60 Å². The number of fused-ring (bicyclic) bond motifs is 2. The molecule has 1 amide bonds. The van der Waals surface area contributed by atoms with E-state index in [2.05, 4.69) is 16.3 Å². The monoisotopic (exact) mass is 515 g/mol. The number of piperidine rings is 1. The molecular formula is C30H33N3O5. The summed E-state index contributed by atoms with van der Waals surface area (Å²) >= 11 is 0. The summed E-state index contributed by atoms with van der Waals surface area (Å²) in [6.07, 6.45) is 8.27. The molecule has 1 aromatic heterocycles. The third kappa shape index (κ3) is 5.30.